The molecule has 1 unspecified atom stereocenters. The van der Waals surface area contributed by atoms with E-state index in [1.807, 2.05) is 25.3 Å². The molecule has 0 saturated heterocycles. The van der Waals surface area contributed by atoms with E-state index in [1.165, 1.54) is 6.07 Å². The summed E-state index contributed by atoms with van der Waals surface area (Å²) in [4.78, 5) is 17.5. The molecule has 1 aliphatic heterocycles. The third-order valence-electron chi connectivity index (χ3n) is 3.90. The minimum Gasteiger partial charge on any atom is -0.348 e. The van der Waals surface area contributed by atoms with Crippen LogP contribution in [0.15, 0.2) is 36.7 Å². The molecule has 0 aromatic carbocycles. The van der Waals surface area contributed by atoms with Gasteiger partial charge >= 0.3 is 6.18 Å². The van der Waals surface area contributed by atoms with E-state index in [0.717, 1.165) is 18.0 Å². The standard InChI is InChI=1S/C15H14F3N3O/c1-10-12-3-2-6-20(12)7-8-21(10)14(22)11-4-5-13(19-9-11)15(16,17)18/h2-6,9-10H,7-8H2,1H3. The third-order valence-corrected chi connectivity index (χ3v) is 3.90. The number of fused-ring (bicyclic) bond motifs is 1. The van der Waals surface area contributed by atoms with Crippen molar-refractivity contribution in [3.05, 3.63) is 53.6 Å². The zero-order valence-electron chi connectivity index (χ0n) is 11.8. The molecule has 0 N–H and O–H groups in total. The average molecular weight is 309 g/mol. The second-order valence-corrected chi connectivity index (χ2v) is 5.23. The summed E-state index contributed by atoms with van der Waals surface area (Å²) in [6, 6.07) is 5.75. The van der Waals surface area contributed by atoms with Gasteiger partial charge in [0.15, 0.2) is 0 Å². The smallest absolute Gasteiger partial charge is 0.348 e. The lowest BCUT2D eigenvalue weighted by atomic mass is 10.1. The van der Waals surface area contributed by atoms with Crippen LogP contribution in [-0.2, 0) is 12.7 Å². The highest BCUT2D eigenvalue weighted by Crippen LogP contribution is 2.29. The van der Waals surface area contributed by atoms with Gasteiger partial charge in [-0.25, -0.2) is 0 Å². The maximum Gasteiger partial charge on any atom is 0.433 e. The van der Waals surface area contributed by atoms with E-state index in [0.29, 0.717) is 13.1 Å². The summed E-state index contributed by atoms with van der Waals surface area (Å²) in [5.74, 6) is -0.304. The van der Waals surface area contributed by atoms with Crippen LogP contribution >= 0.6 is 0 Å². The molecule has 0 bridgehead atoms. The Hall–Kier alpha value is -2.31. The molecule has 0 aliphatic carbocycles. The Bertz CT molecular complexity index is 691. The monoisotopic (exact) mass is 309 g/mol. The second-order valence-electron chi connectivity index (χ2n) is 5.23. The molecule has 0 fully saturated rings. The first-order chi connectivity index (χ1) is 10.4. The quantitative estimate of drug-likeness (QED) is 0.812. The van der Waals surface area contributed by atoms with Crippen LogP contribution in [0.1, 0.15) is 34.7 Å². The first kappa shape index (κ1) is 14.6. The SMILES string of the molecule is CC1c2cccn2CCN1C(=O)c1ccc(C(F)(F)F)nc1. The van der Waals surface area contributed by atoms with Gasteiger partial charge in [0.25, 0.3) is 5.91 Å². The van der Waals surface area contributed by atoms with E-state index in [-0.39, 0.29) is 17.5 Å². The van der Waals surface area contributed by atoms with Gasteiger partial charge in [-0.15, -0.1) is 0 Å². The Morgan fingerprint density at radius 2 is 2.05 bits per heavy atom. The van der Waals surface area contributed by atoms with E-state index < -0.39 is 11.9 Å². The van der Waals surface area contributed by atoms with Crippen molar-refractivity contribution in [2.75, 3.05) is 6.54 Å². The van der Waals surface area contributed by atoms with Gasteiger partial charge in [0.1, 0.15) is 5.69 Å². The summed E-state index contributed by atoms with van der Waals surface area (Å²) in [5, 5.41) is 0. The lowest BCUT2D eigenvalue weighted by Gasteiger charge is -2.35. The van der Waals surface area contributed by atoms with Gasteiger partial charge in [-0.2, -0.15) is 13.2 Å². The van der Waals surface area contributed by atoms with Crippen LogP contribution in [0.4, 0.5) is 13.2 Å². The summed E-state index contributed by atoms with van der Waals surface area (Å²) >= 11 is 0. The molecule has 7 heteroatoms. The minimum absolute atomic E-state index is 0.126. The maximum absolute atomic E-state index is 12.5. The number of alkyl halides is 3. The highest BCUT2D eigenvalue weighted by Gasteiger charge is 2.33. The molecule has 0 spiro atoms. The van der Waals surface area contributed by atoms with Crippen molar-refractivity contribution in [2.45, 2.75) is 25.7 Å². The topological polar surface area (TPSA) is 38.1 Å². The molecule has 2 aromatic rings. The molecule has 0 saturated carbocycles. The molecule has 1 amide bonds. The summed E-state index contributed by atoms with van der Waals surface area (Å²) in [6.45, 7) is 3.09. The number of hydrogen-bond acceptors (Lipinski definition) is 2. The van der Waals surface area contributed by atoms with E-state index in [9.17, 15) is 18.0 Å². The number of nitrogens with zero attached hydrogens (tertiary/aromatic N) is 3. The van der Waals surface area contributed by atoms with Crippen molar-refractivity contribution in [2.24, 2.45) is 0 Å². The first-order valence-corrected chi connectivity index (χ1v) is 6.87. The third kappa shape index (κ3) is 2.47. The number of carbonyl (C=O) groups is 1. The highest BCUT2D eigenvalue weighted by atomic mass is 19.4. The summed E-state index contributed by atoms with van der Waals surface area (Å²) in [5.41, 5.74) is 0.184. The van der Waals surface area contributed by atoms with Crippen molar-refractivity contribution in [1.82, 2.24) is 14.5 Å². The van der Waals surface area contributed by atoms with E-state index in [4.69, 9.17) is 0 Å². The van der Waals surface area contributed by atoms with Gasteiger partial charge in [-0.1, -0.05) is 0 Å². The largest absolute Gasteiger partial charge is 0.433 e. The average Bonchev–Trinajstić information content (AvgIpc) is 2.96. The molecule has 3 heterocycles. The van der Waals surface area contributed by atoms with E-state index in [1.54, 1.807) is 4.90 Å². The Balaban J connectivity index is 1.83. The number of halogens is 3. The number of hydrogen-bond donors (Lipinski definition) is 0. The molecule has 0 radical (unpaired) electrons. The fraction of sp³-hybridized carbons (Fsp3) is 0.333. The van der Waals surface area contributed by atoms with Crippen LogP contribution in [0.2, 0.25) is 0 Å². The predicted molar refractivity (Wildman–Crippen MR) is 73.1 cm³/mol. The number of aromatic nitrogens is 2. The zero-order chi connectivity index (χ0) is 15.9. The normalized spacial score (nSPS) is 18.2. The van der Waals surface area contributed by atoms with Crippen molar-refractivity contribution < 1.29 is 18.0 Å². The lowest BCUT2D eigenvalue weighted by Crippen LogP contribution is -2.40. The number of amides is 1. The lowest BCUT2D eigenvalue weighted by molar-refractivity contribution is -0.141. The Morgan fingerprint density at radius 3 is 2.68 bits per heavy atom. The predicted octanol–water partition coefficient (Wildman–Crippen LogP) is 3.12. The van der Waals surface area contributed by atoms with Gasteiger partial charge in [-0.3, -0.25) is 9.78 Å². The van der Waals surface area contributed by atoms with Crippen molar-refractivity contribution in [3.63, 3.8) is 0 Å². The van der Waals surface area contributed by atoms with Gasteiger partial charge < -0.3 is 9.47 Å². The summed E-state index contributed by atoms with van der Waals surface area (Å²) in [6.07, 6.45) is -1.56. The van der Waals surface area contributed by atoms with Crippen molar-refractivity contribution >= 4 is 5.91 Å². The molecule has 4 nitrogen and oxygen atoms in total. The molecule has 3 rings (SSSR count). The van der Waals surface area contributed by atoms with Gasteiger partial charge in [-0.05, 0) is 31.2 Å². The van der Waals surface area contributed by atoms with Crippen LogP contribution in [0, 0.1) is 0 Å². The van der Waals surface area contributed by atoms with E-state index >= 15 is 0 Å². The molecule has 116 valence electrons. The molecule has 1 atom stereocenters. The fourth-order valence-corrected chi connectivity index (χ4v) is 2.71. The molecular formula is C15H14F3N3O. The fourth-order valence-electron chi connectivity index (χ4n) is 2.71. The number of carbonyl (C=O) groups excluding carboxylic acids is 1. The van der Waals surface area contributed by atoms with Gasteiger partial charge in [0.2, 0.25) is 0 Å². The van der Waals surface area contributed by atoms with Gasteiger partial charge in [0, 0.05) is 31.2 Å². The first-order valence-electron chi connectivity index (χ1n) is 6.87. The van der Waals surface area contributed by atoms with Gasteiger partial charge in [0.05, 0.1) is 11.6 Å². The van der Waals surface area contributed by atoms with Crippen LogP contribution in [0.3, 0.4) is 0 Å². The molecule has 22 heavy (non-hydrogen) atoms. The van der Waals surface area contributed by atoms with E-state index in [2.05, 4.69) is 9.55 Å². The van der Waals surface area contributed by atoms with Crippen LogP contribution in [0.5, 0.6) is 0 Å². The Morgan fingerprint density at radius 1 is 1.27 bits per heavy atom. The van der Waals surface area contributed by atoms with Crippen LogP contribution in [-0.4, -0.2) is 26.9 Å². The Kier molecular flexibility index (Phi) is 3.42. The minimum atomic E-state index is -4.50. The molecule has 1 aliphatic rings. The molecule has 2 aromatic heterocycles. The maximum atomic E-state index is 12.5. The summed E-state index contributed by atoms with van der Waals surface area (Å²) in [7, 11) is 0. The van der Waals surface area contributed by atoms with Crippen LogP contribution < -0.4 is 0 Å². The van der Waals surface area contributed by atoms with Crippen molar-refractivity contribution in [1.29, 1.82) is 0 Å². The van der Waals surface area contributed by atoms with Crippen molar-refractivity contribution in [3.8, 4) is 0 Å². The second kappa shape index (κ2) is 5.15. The number of rotatable bonds is 1. The number of pyridine rings is 1. The highest BCUT2D eigenvalue weighted by molar-refractivity contribution is 5.94. The molecular weight excluding hydrogens is 295 g/mol. The van der Waals surface area contributed by atoms with Crippen LogP contribution in [0.25, 0.3) is 0 Å². The summed E-state index contributed by atoms with van der Waals surface area (Å²) < 4.78 is 39.6. The Labute approximate surface area is 125 Å². The zero-order valence-corrected chi connectivity index (χ0v) is 11.8.